The molecule has 2 N–H and O–H groups in total. The standard InChI is InChI=1S/C12H19N3O2/c1-12(2)5-3-6-13-10(12)8-14-11(16)9-4-7-17-15-9/h4,7,10,13H,3,5-6,8H2,1-2H3,(H,14,16). The van der Waals surface area contributed by atoms with Gasteiger partial charge in [-0.25, -0.2) is 0 Å². The third-order valence-electron chi connectivity index (χ3n) is 3.47. The van der Waals surface area contributed by atoms with Crippen molar-refractivity contribution in [2.45, 2.75) is 32.7 Å². The SMILES string of the molecule is CC1(C)CCCNC1CNC(=O)c1ccon1. The van der Waals surface area contributed by atoms with Gasteiger partial charge in [-0.2, -0.15) is 0 Å². The van der Waals surface area contributed by atoms with Crippen molar-refractivity contribution < 1.29 is 9.32 Å². The van der Waals surface area contributed by atoms with Crippen molar-refractivity contribution >= 4 is 5.91 Å². The average Bonchev–Trinajstić information content (AvgIpc) is 2.80. The van der Waals surface area contributed by atoms with Crippen LogP contribution in [0.4, 0.5) is 0 Å². The van der Waals surface area contributed by atoms with Crippen molar-refractivity contribution in [2.75, 3.05) is 13.1 Å². The summed E-state index contributed by atoms with van der Waals surface area (Å²) >= 11 is 0. The molecule has 1 aliphatic heterocycles. The zero-order valence-corrected chi connectivity index (χ0v) is 10.3. The van der Waals surface area contributed by atoms with Crippen LogP contribution in [0.3, 0.4) is 0 Å². The van der Waals surface area contributed by atoms with Crippen molar-refractivity contribution in [3.05, 3.63) is 18.0 Å². The van der Waals surface area contributed by atoms with E-state index in [0.717, 1.165) is 6.54 Å². The van der Waals surface area contributed by atoms with Gasteiger partial charge in [-0.15, -0.1) is 0 Å². The number of piperidine rings is 1. The minimum Gasteiger partial charge on any atom is -0.364 e. The Labute approximate surface area is 101 Å². The summed E-state index contributed by atoms with van der Waals surface area (Å²) in [6.07, 6.45) is 3.78. The predicted molar refractivity (Wildman–Crippen MR) is 63.6 cm³/mol. The summed E-state index contributed by atoms with van der Waals surface area (Å²) in [4.78, 5) is 11.7. The Hall–Kier alpha value is -1.36. The van der Waals surface area contributed by atoms with Gasteiger partial charge in [0.1, 0.15) is 6.26 Å². The van der Waals surface area contributed by atoms with E-state index in [1.54, 1.807) is 6.07 Å². The molecule has 1 aromatic rings. The monoisotopic (exact) mass is 237 g/mol. The van der Waals surface area contributed by atoms with E-state index in [4.69, 9.17) is 0 Å². The number of nitrogens with one attached hydrogen (secondary N) is 2. The molecule has 5 heteroatoms. The molecule has 1 amide bonds. The van der Waals surface area contributed by atoms with Crippen LogP contribution in [-0.4, -0.2) is 30.2 Å². The van der Waals surface area contributed by atoms with Crippen molar-refractivity contribution in [1.82, 2.24) is 15.8 Å². The fraction of sp³-hybridized carbons (Fsp3) is 0.667. The predicted octanol–water partition coefficient (Wildman–Crippen LogP) is 1.18. The van der Waals surface area contributed by atoms with Crippen LogP contribution >= 0.6 is 0 Å². The van der Waals surface area contributed by atoms with Gasteiger partial charge in [0, 0.05) is 18.7 Å². The quantitative estimate of drug-likeness (QED) is 0.828. The molecule has 1 fully saturated rings. The Kier molecular flexibility index (Phi) is 3.47. The van der Waals surface area contributed by atoms with Crippen LogP contribution in [0.25, 0.3) is 0 Å². The summed E-state index contributed by atoms with van der Waals surface area (Å²) in [7, 11) is 0. The van der Waals surface area contributed by atoms with Crippen molar-refractivity contribution in [2.24, 2.45) is 5.41 Å². The Morgan fingerprint density at radius 2 is 2.53 bits per heavy atom. The third kappa shape index (κ3) is 2.85. The zero-order chi connectivity index (χ0) is 12.3. The molecule has 0 aromatic carbocycles. The summed E-state index contributed by atoms with van der Waals surface area (Å²) in [6.45, 7) is 6.10. The van der Waals surface area contributed by atoms with E-state index in [0.29, 0.717) is 18.3 Å². The maximum absolute atomic E-state index is 11.7. The molecule has 0 radical (unpaired) electrons. The third-order valence-corrected chi connectivity index (χ3v) is 3.47. The number of hydrogen-bond acceptors (Lipinski definition) is 4. The summed E-state index contributed by atoms with van der Waals surface area (Å²) < 4.78 is 4.64. The summed E-state index contributed by atoms with van der Waals surface area (Å²) in [5.74, 6) is -0.179. The van der Waals surface area contributed by atoms with Crippen LogP contribution in [0.15, 0.2) is 16.9 Å². The molecule has 2 rings (SSSR count). The van der Waals surface area contributed by atoms with Gasteiger partial charge in [-0.3, -0.25) is 4.79 Å². The number of hydrogen-bond donors (Lipinski definition) is 2. The van der Waals surface area contributed by atoms with Crippen molar-refractivity contribution in [1.29, 1.82) is 0 Å². The van der Waals surface area contributed by atoms with E-state index in [1.807, 2.05) is 0 Å². The molecule has 94 valence electrons. The molecule has 1 aliphatic rings. The van der Waals surface area contributed by atoms with E-state index < -0.39 is 0 Å². The topological polar surface area (TPSA) is 67.2 Å². The number of aromatic nitrogens is 1. The van der Waals surface area contributed by atoms with E-state index in [1.165, 1.54) is 19.1 Å². The highest BCUT2D eigenvalue weighted by molar-refractivity contribution is 5.91. The average molecular weight is 237 g/mol. The normalized spacial score (nSPS) is 23.3. The molecule has 0 bridgehead atoms. The van der Waals surface area contributed by atoms with Crippen LogP contribution < -0.4 is 10.6 Å². The molecule has 0 saturated carbocycles. The molecule has 1 aromatic heterocycles. The minimum atomic E-state index is -0.179. The molecule has 1 unspecified atom stereocenters. The first-order valence-electron chi connectivity index (χ1n) is 6.01. The molecular formula is C12H19N3O2. The number of nitrogens with zero attached hydrogens (tertiary/aromatic N) is 1. The first kappa shape index (κ1) is 12.1. The highest BCUT2D eigenvalue weighted by Crippen LogP contribution is 2.29. The van der Waals surface area contributed by atoms with Gasteiger partial charge in [-0.1, -0.05) is 19.0 Å². The van der Waals surface area contributed by atoms with Gasteiger partial charge < -0.3 is 15.2 Å². The number of rotatable bonds is 3. The van der Waals surface area contributed by atoms with Crippen LogP contribution in [0.2, 0.25) is 0 Å². The molecular weight excluding hydrogens is 218 g/mol. The fourth-order valence-electron chi connectivity index (χ4n) is 2.23. The van der Waals surface area contributed by atoms with E-state index in [9.17, 15) is 4.79 Å². The van der Waals surface area contributed by atoms with Crippen LogP contribution in [0.1, 0.15) is 37.2 Å². The summed E-state index contributed by atoms with van der Waals surface area (Å²) in [5, 5.41) is 9.95. The lowest BCUT2D eigenvalue weighted by molar-refractivity contribution is 0.0920. The molecule has 1 saturated heterocycles. The Morgan fingerprint density at radius 3 is 3.18 bits per heavy atom. The molecule has 5 nitrogen and oxygen atoms in total. The zero-order valence-electron chi connectivity index (χ0n) is 10.3. The second-order valence-electron chi connectivity index (χ2n) is 5.19. The lowest BCUT2D eigenvalue weighted by Crippen LogP contribution is -2.52. The summed E-state index contributed by atoms with van der Waals surface area (Å²) in [6, 6.07) is 1.88. The lowest BCUT2D eigenvalue weighted by Gasteiger charge is -2.39. The van der Waals surface area contributed by atoms with Crippen molar-refractivity contribution in [3.8, 4) is 0 Å². The van der Waals surface area contributed by atoms with Crippen molar-refractivity contribution in [3.63, 3.8) is 0 Å². The van der Waals surface area contributed by atoms with Gasteiger partial charge in [0.15, 0.2) is 5.69 Å². The summed E-state index contributed by atoms with van der Waals surface area (Å²) in [5.41, 5.74) is 0.550. The second kappa shape index (κ2) is 4.87. The van der Waals surface area contributed by atoms with Crippen LogP contribution in [0.5, 0.6) is 0 Å². The maximum atomic E-state index is 11.7. The maximum Gasteiger partial charge on any atom is 0.273 e. The first-order chi connectivity index (χ1) is 8.09. The molecule has 2 heterocycles. The van der Waals surface area contributed by atoms with Gasteiger partial charge in [-0.05, 0) is 24.8 Å². The largest absolute Gasteiger partial charge is 0.364 e. The molecule has 1 atom stereocenters. The first-order valence-corrected chi connectivity index (χ1v) is 6.01. The van der Waals surface area contributed by atoms with Gasteiger partial charge >= 0.3 is 0 Å². The Bertz CT molecular complexity index is 373. The number of carbonyl (C=O) groups is 1. The molecule has 0 aliphatic carbocycles. The van der Waals surface area contributed by atoms with E-state index in [2.05, 4.69) is 34.2 Å². The smallest absolute Gasteiger partial charge is 0.273 e. The molecule has 0 spiro atoms. The van der Waals surface area contributed by atoms with Crippen LogP contribution in [-0.2, 0) is 0 Å². The van der Waals surface area contributed by atoms with Gasteiger partial charge in [0.05, 0.1) is 0 Å². The van der Waals surface area contributed by atoms with E-state index in [-0.39, 0.29) is 11.3 Å². The second-order valence-corrected chi connectivity index (χ2v) is 5.19. The number of carbonyl (C=O) groups excluding carboxylic acids is 1. The minimum absolute atomic E-state index is 0.179. The molecule has 17 heavy (non-hydrogen) atoms. The van der Waals surface area contributed by atoms with Crippen LogP contribution in [0, 0.1) is 5.41 Å². The van der Waals surface area contributed by atoms with Gasteiger partial charge in [0.25, 0.3) is 5.91 Å². The highest BCUT2D eigenvalue weighted by atomic mass is 16.5. The van der Waals surface area contributed by atoms with Gasteiger partial charge in [0.2, 0.25) is 0 Å². The fourth-order valence-corrected chi connectivity index (χ4v) is 2.23. The Balaban J connectivity index is 1.87. The number of amides is 1. The lowest BCUT2D eigenvalue weighted by atomic mass is 9.77. The van der Waals surface area contributed by atoms with E-state index >= 15 is 0 Å². The Morgan fingerprint density at radius 1 is 1.71 bits per heavy atom. The highest BCUT2D eigenvalue weighted by Gasteiger charge is 2.32.